The van der Waals surface area contributed by atoms with Crippen LogP contribution in [0.25, 0.3) is 11.1 Å². The highest BCUT2D eigenvalue weighted by molar-refractivity contribution is 5.74. The topological polar surface area (TPSA) is 80.9 Å². The fourth-order valence-corrected chi connectivity index (χ4v) is 1.37. The molecule has 0 bridgehead atoms. The minimum Gasteiger partial charge on any atom is -0.508 e. The number of hydrogen-bond acceptors (Lipinski definition) is 4. The Kier molecular flexibility index (Phi) is 2.32. The SMILES string of the molecule is Oc1ccc(-c2[c]cc(O)c(O)c2O)cc1. The summed E-state index contributed by atoms with van der Waals surface area (Å²) in [5, 5.41) is 37.2. The summed E-state index contributed by atoms with van der Waals surface area (Å²) in [4.78, 5) is 0. The minimum absolute atomic E-state index is 0.103. The van der Waals surface area contributed by atoms with Crippen LogP contribution in [0.1, 0.15) is 0 Å². The highest BCUT2D eigenvalue weighted by atomic mass is 16.3. The van der Waals surface area contributed by atoms with Gasteiger partial charge in [-0.25, -0.2) is 0 Å². The van der Waals surface area contributed by atoms with Crippen LogP contribution in [0.15, 0.2) is 30.3 Å². The highest BCUT2D eigenvalue weighted by Gasteiger charge is 2.12. The fourth-order valence-electron chi connectivity index (χ4n) is 1.37. The van der Waals surface area contributed by atoms with Crippen molar-refractivity contribution >= 4 is 0 Å². The van der Waals surface area contributed by atoms with E-state index < -0.39 is 17.2 Å². The second-order valence-corrected chi connectivity index (χ2v) is 3.29. The average molecular weight is 217 g/mol. The molecule has 0 aliphatic carbocycles. The van der Waals surface area contributed by atoms with Gasteiger partial charge < -0.3 is 20.4 Å². The van der Waals surface area contributed by atoms with Crippen LogP contribution in [0.5, 0.6) is 23.0 Å². The van der Waals surface area contributed by atoms with Gasteiger partial charge in [0.2, 0.25) is 5.75 Å². The summed E-state index contributed by atoms with van der Waals surface area (Å²) in [5.41, 5.74) is 0.834. The van der Waals surface area contributed by atoms with Crippen LogP contribution >= 0.6 is 0 Å². The van der Waals surface area contributed by atoms with Crippen molar-refractivity contribution in [1.82, 2.24) is 0 Å². The van der Waals surface area contributed by atoms with Crippen molar-refractivity contribution in [2.24, 2.45) is 0 Å². The molecule has 0 aliphatic rings. The number of hydrogen-bond donors (Lipinski definition) is 4. The largest absolute Gasteiger partial charge is 0.508 e. The van der Waals surface area contributed by atoms with Crippen LogP contribution in [0, 0.1) is 6.07 Å². The lowest BCUT2D eigenvalue weighted by Gasteiger charge is -2.07. The normalized spacial score (nSPS) is 10.2. The van der Waals surface area contributed by atoms with E-state index in [9.17, 15) is 10.2 Å². The second kappa shape index (κ2) is 3.66. The van der Waals surface area contributed by atoms with Crippen molar-refractivity contribution in [3.63, 3.8) is 0 Å². The smallest absolute Gasteiger partial charge is 0.200 e. The van der Waals surface area contributed by atoms with Crippen LogP contribution in [0.2, 0.25) is 0 Å². The molecule has 2 aromatic rings. The molecule has 0 fully saturated rings. The molecule has 81 valence electrons. The molecule has 0 spiro atoms. The molecule has 4 heteroatoms. The number of benzene rings is 2. The molecule has 0 saturated carbocycles. The van der Waals surface area contributed by atoms with E-state index in [1.165, 1.54) is 12.1 Å². The molecule has 0 aromatic heterocycles. The van der Waals surface area contributed by atoms with Crippen molar-refractivity contribution < 1.29 is 20.4 Å². The van der Waals surface area contributed by atoms with Crippen molar-refractivity contribution in [1.29, 1.82) is 0 Å². The van der Waals surface area contributed by atoms with Gasteiger partial charge in [-0.2, -0.15) is 0 Å². The van der Waals surface area contributed by atoms with Crippen molar-refractivity contribution in [3.05, 3.63) is 36.4 Å². The van der Waals surface area contributed by atoms with E-state index in [0.29, 0.717) is 5.56 Å². The van der Waals surface area contributed by atoms with E-state index in [1.54, 1.807) is 12.1 Å². The van der Waals surface area contributed by atoms with E-state index in [4.69, 9.17) is 10.2 Å². The molecule has 1 radical (unpaired) electrons. The first-order chi connectivity index (χ1) is 7.59. The van der Waals surface area contributed by atoms with Crippen LogP contribution < -0.4 is 0 Å². The lowest BCUT2D eigenvalue weighted by Crippen LogP contribution is -1.80. The zero-order chi connectivity index (χ0) is 11.7. The molecule has 0 atom stereocenters. The van der Waals surface area contributed by atoms with E-state index in [-0.39, 0.29) is 11.3 Å². The maximum Gasteiger partial charge on any atom is 0.200 e. The van der Waals surface area contributed by atoms with Gasteiger partial charge in [0.1, 0.15) is 5.75 Å². The van der Waals surface area contributed by atoms with E-state index in [0.717, 1.165) is 6.07 Å². The molecule has 0 aliphatic heterocycles. The van der Waals surface area contributed by atoms with Crippen LogP contribution in [-0.2, 0) is 0 Å². The molecule has 2 rings (SSSR count). The third kappa shape index (κ3) is 1.61. The Balaban J connectivity index is 2.57. The zero-order valence-corrected chi connectivity index (χ0v) is 8.18. The molecule has 2 aromatic carbocycles. The first kappa shape index (κ1) is 10.2. The van der Waals surface area contributed by atoms with Crippen LogP contribution in [-0.4, -0.2) is 20.4 Å². The minimum atomic E-state index is -0.582. The van der Waals surface area contributed by atoms with Crippen LogP contribution in [0.4, 0.5) is 0 Å². The first-order valence-electron chi connectivity index (χ1n) is 4.54. The molecular weight excluding hydrogens is 208 g/mol. The third-order valence-corrected chi connectivity index (χ3v) is 2.21. The van der Waals surface area contributed by atoms with Crippen molar-refractivity contribution in [2.45, 2.75) is 0 Å². The third-order valence-electron chi connectivity index (χ3n) is 2.21. The van der Waals surface area contributed by atoms with E-state index in [1.807, 2.05) is 0 Å². The maximum atomic E-state index is 9.60. The van der Waals surface area contributed by atoms with Crippen molar-refractivity contribution in [2.75, 3.05) is 0 Å². The average Bonchev–Trinajstić information content (AvgIpc) is 2.28. The van der Waals surface area contributed by atoms with Gasteiger partial charge in [-0.3, -0.25) is 0 Å². The molecule has 4 nitrogen and oxygen atoms in total. The van der Waals surface area contributed by atoms with Gasteiger partial charge in [0.25, 0.3) is 0 Å². The molecule has 0 heterocycles. The molecular formula is C12H9O4. The van der Waals surface area contributed by atoms with E-state index in [2.05, 4.69) is 6.07 Å². The summed E-state index contributed by atoms with van der Waals surface area (Å²) < 4.78 is 0. The van der Waals surface area contributed by atoms with Crippen LogP contribution in [0.3, 0.4) is 0 Å². The molecule has 16 heavy (non-hydrogen) atoms. The number of rotatable bonds is 1. The summed E-state index contributed by atoms with van der Waals surface area (Å²) in [6.07, 6.45) is 0. The lowest BCUT2D eigenvalue weighted by atomic mass is 10.0. The Hall–Kier alpha value is -2.36. The monoisotopic (exact) mass is 217 g/mol. The summed E-state index contributed by atoms with van der Waals surface area (Å²) in [6, 6.07) is 9.84. The Morgan fingerprint density at radius 3 is 2.06 bits per heavy atom. The summed E-state index contributed by atoms with van der Waals surface area (Å²) >= 11 is 0. The quantitative estimate of drug-likeness (QED) is 0.550. The number of phenols is 4. The lowest BCUT2D eigenvalue weighted by molar-refractivity contribution is 0.369. The predicted molar refractivity (Wildman–Crippen MR) is 57.4 cm³/mol. The molecule has 4 N–H and O–H groups in total. The maximum absolute atomic E-state index is 9.60. The summed E-state index contributed by atoms with van der Waals surface area (Å²) in [5.74, 6) is -1.35. The first-order valence-corrected chi connectivity index (χ1v) is 4.54. The van der Waals surface area contributed by atoms with Gasteiger partial charge in [-0.15, -0.1) is 0 Å². The van der Waals surface area contributed by atoms with Gasteiger partial charge >= 0.3 is 0 Å². The van der Waals surface area contributed by atoms with Gasteiger partial charge in [0.05, 0.1) is 0 Å². The second-order valence-electron chi connectivity index (χ2n) is 3.29. The van der Waals surface area contributed by atoms with Gasteiger partial charge in [-0.05, 0) is 29.8 Å². The standard InChI is InChI=1S/C12H9O4/c13-8-3-1-7(2-4-8)9-5-6-10(14)12(16)11(9)15/h1-4,6,13-16H. The Labute approximate surface area is 91.7 Å². The van der Waals surface area contributed by atoms with E-state index >= 15 is 0 Å². The summed E-state index contributed by atoms with van der Waals surface area (Å²) in [6.45, 7) is 0. The number of phenolic OH excluding ortho intramolecular Hbond substituents is 4. The van der Waals surface area contributed by atoms with Gasteiger partial charge in [0.15, 0.2) is 11.5 Å². The molecule has 0 saturated heterocycles. The number of aromatic hydroxyl groups is 4. The van der Waals surface area contributed by atoms with Crippen molar-refractivity contribution in [3.8, 4) is 34.1 Å². The molecule has 0 amide bonds. The fraction of sp³-hybridized carbons (Fsp3) is 0. The summed E-state index contributed by atoms with van der Waals surface area (Å²) in [7, 11) is 0. The predicted octanol–water partition coefficient (Wildman–Crippen LogP) is 1.98. The Morgan fingerprint density at radius 2 is 1.44 bits per heavy atom. The highest BCUT2D eigenvalue weighted by Crippen LogP contribution is 2.41. The Morgan fingerprint density at radius 1 is 0.812 bits per heavy atom. The molecule has 0 unspecified atom stereocenters. The van der Waals surface area contributed by atoms with Gasteiger partial charge in [-0.1, -0.05) is 12.1 Å². The Bertz CT molecular complexity index is 517. The zero-order valence-electron chi connectivity index (χ0n) is 8.18. The van der Waals surface area contributed by atoms with Gasteiger partial charge in [0, 0.05) is 5.56 Å².